The molecule has 1 fully saturated rings. The van der Waals surface area contributed by atoms with Crippen molar-refractivity contribution in [3.63, 3.8) is 0 Å². The number of fused-ring (bicyclic) bond motifs is 1. The molecule has 5 nitrogen and oxygen atoms in total. The van der Waals surface area contributed by atoms with Crippen molar-refractivity contribution in [1.29, 1.82) is 0 Å². The van der Waals surface area contributed by atoms with Gasteiger partial charge in [-0.15, -0.1) is 0 Å². The molecule has 0 aromatic heterocycles. The summed E-state index contributed by atoms with van der Waals surface area (Å²) >= 11 is 1.78. The van der Waals surface area contributed by atoms with E-state index in [9.17, 15) is 4.79 Å². The van der Waals surface area contributed by atoms with Crippen molar-refractivity contribution < 1.29 is 14.3 Å². The molecule has 0 saturated carbocycles. The highest BCUT2D eigenvalue weighted by atomic mass is 32.2. The Hall–Kier alpha value is -1.92. The van der Waals surface area contributed by atoms with Crippen LogP contribution in [0.25, 0.3) is 0 Å². The molecule has 0 spiro atoms. The fraction of sp³-hybridized carbons (Fsp3) is 0.542. The lowest BCUT2D eigenvalue weighted by atomic mass is 10.0. The minimum atomic E-state index is -0.193. The lowest BCUT2D eigenvalue weighted by Gasteiger charge is -2.39. The molecule has 0 radical (unpaired) electrons. The molecular formula is C24H36N2O3S. The van der Waals surface area contributed by atoms with Crippen molar-refractivity contribution >= 4 is 23.7 Å². The molecule has 3 aliphatic rings. The molecule has 0 unspecified atom stereocenters. The molecule has 4 rings (SSSR count). The van der Waals surface area contributed by atoms with Gasteiger partial charge < -0.3 is 9.47 Å². The first-order valence-electron chi connectivity index (χ1n) is 11.0. The third-order valence-corrected chi connectivity index (χ3v) is 6.17. The van der Waals surface area contributed by atoms with Gasteiger partial charge in [0.1, 0.15) is 12.4 Å². The van der Waals surface area contributed by atoms with E-state index < -0.39 is 0 Å². The van der Waals surface area contributed by atoms with E-state index in [1.54, 1.807) is 19.1 Å². The summed E-state index contributed by atoms with van der Waals surface area (Å²) in [5.41, 5.74) is 2.13. The first kappa shape index (κ1) is 24.4. The molecule has 0 N–H and O–H groups in total. The van der Waals surface area contributed by atoms with Crippen LogP contribution in [0.15, 0.2) is 48.3 Å². The average Bonchev–Trinajstić information content (AvgIpc) is 3.10. The fourth-order valence-corrected chi connectivity index (χ4v) is 4.28. The van der Waals surface area contributed by atoms with Crippen LogP contribution in [0.5, 0.6) is 0 Å². The maximum Gasteiger partial charge on any atom is 0.414 e. The molecule has 0 atom stereocenters. The Morgan fingerprint density at radius 2 is 1.87 bits per heavy atom. The number of ether oxygens (including phenoxy) is 2. The number of cyclic esters (lactones) is 1. The van der Waals surface area contributed by atoms with Crippen LogP contribution in [0.1, 0.15) is 51.5 Å². The second kappa shape index (κ2) is 13.4. The van der Waals surface area contributed by atoms with Crippen LogP contribution in [0, 0.1) is 0 Å². The smallest absolute Gasteiger partial charge is 0.414 e. The molecule has 1 amide bonds. The number of carbonyl (C=O) groups is 1. The van der Waals surface area contributed by atoms with Crippen LogP contribution < -0.4 is 4.90 Å². The third-order valence-electron chi connectivity index (χ3n) is 5.28. The second-order valence-electron chi connectivity index (χ2n) is 7.04. The zero-order valence-corrected chi connectivity index (χ0v) is 19.6. The van der Waals surface area contributed by atoms with E-state index in [1.165, 1.54) is 12.8 Å². The Balaban J connectivity index is 0.000000245. The van der Waals surface area contributed by atoms with Crippen molar-refractivity contribution in [1.82, 2.24) is 4.31 Å². The van der Waals surface area contributed by atoms with E-state index in [4.69, 9.17) is 9.47 Å². The Labute approximate surface area is 186 Å². The molecular weight excluding hydrogens is 396 g/mol. The van der Waals surface area contributed by atoms with Crippen LogP contribution in [0.3, 0.4) is 0 Å². The van der Waals surface area contributed by atoms with Crippen LogP contribution in [0.2, 0.25) is 0 Å². The highest BCUT2D eigenvalue weighted by molar-refractivity contribution is 7.96. The molecule has 1 aromatic rings. The summed E-state index contributed by atoms with van der Waals surface area (Å²) in [6.07, 6.45) is 13.8. The SMILES string of the molecule is CC.COC1=CCCCC=C1.CSN1CCC(N2C(=O)OCc3ccccc32)CC1. The average molecular weight is 433 g/mol. The van der Waals surface area contributed by atoms with Gasteiger partial charge in [0.2, 0.25) is 0 Å². The molecule has 2 heterocycles. The number of nitrogens with zero attached hydrogens (tertiary/aromatic N) is 2. The standard InChI is InChI=1S/C14H18N2O2S.C8H12O.C2H6/c1-19-15-8-6-12(7-9-15)16-13-5-3-2-4-11(13)10-18-14(16)17;1-9-8-6-4-2-3-5-7-8;1-2/h2-5,12H,6-10H2,1H3;4,6-7H,2-3,5H2,1H3;1-2H3. The van der Waals surface area contributed by atoms with Crippen LogP contribution in [0.4, 0.5) is 10.5 Å². The van der Waals surface area contributed by atoms with E-state index >= 15 is 0 Å². The van der Waals surface area contributed by atoms with Gasteiger partial charge in [0.25, 0.3) is 0 Å². The zero-order valence-electron chi connectivity index (χ0n) is 18.8. The van der Waals surface area contributed by atoms with Crippen molar-refractivity contribution in [2.45, 2.75) is 58.6 Å². The first-order valence-corrected chi connectivity index (χ1v) is 12.1. The number of para-hydroxylation sites is 1. The van der Waals surface area contributed by atoms with Gasteiger partial charge in [-0.3, -0.25) is 9.21 Å². The Kier molecular flexibility index (Phi) is 10.9. The number of methoxy groups -OCH3 is 1. The molecule has 1 saturated heterocycles. The van der Waals surface area contributed by atoms with Crippen LogP contribution >= 0.6 is 11.9 Å². The van der Waals surface area contributed by atoms with Gasteiger partial charge in [0.15, 0.2) is 0 Å². The van der Waals surface area contributed by atoms with Crippen molar-refractivity contribution in [3.8, 4) is 0 Å². The molecule has 166 valence electrons. The monoisotopic (exact) mass is 432 g/mol. The lowest BCUT2D eigenvalue weighted by Crippen LogP contribution is -2.48. The topological polar surface area (TPSA) is 42.0 Å². The molecule has 1 aliphatic carbocycles. The van der Waals surface area contributed by atoms with E-state index in [0.717, 1.165) is 49.4 Å². The molecule has 2 aliphatic heterocycles. The summed E-state index contributed by atoms with van der Waals surface area (Å²) in [7, 11) is 1.71. The van der Waals surface area contributed by atoms with Crippen molar-refractivity contribution in [2.75, 3.05) is 31.4 Å². The fourth-order valence-electron chi connectivity index (χ4n) is 3.70. The van der Waals surface area contributed by atoms with E-state index in [-0.39, 0.29) is 12.1 Å². The quantitative estimate of drug-likeness (QED) is 0.534. The summed E-state index contributed by atoms with van der Waals surface area (Å²) in [4.78, 5) is 13.9. The van der Waals surface area contributed by atoms with Gasteiger partial charge in [0, 0.05) is 24.7 Å². The number of amides is 1. The minimum Gasteiger partial charge on any atom is -0.497 e. The Morgan fingerprint density at radius 1 is 1.13 bits per heavy atom. The number of anilines is 1. The summed E-state index contributed by atoms with van der Waals surface area (Å²) in [6, 6.07) is 8.30. The highest BCUT2D eigenvalue weighted by Crippen LogP contribution is 2.32. The van der Waals surface area contributed by atoms with E-state index in [2.05, 4.69) is 22.7 Å². The van der Waals surface area contributed by atoms with Gasteiger partial charge in [-0.1, -0.05) is 50.1 Å². The van der Waals surface area contributed by atoms with Gasteiger partial charge >= 0.3 is 6.09 Å². The number of carbonyl (C=O) groups excluding carboxylic acids is 1. The molecule has 0 bridgehead atoms. The Morgan fingerprint density at radius 3 is 2.57 bits per heavy atom. The highest BCUT2D eigenvalue weighted by Gasteiger charge is 2.33. The summed E-state index contributed by atoms with van der Waals surface area (Å²) in [5, 5.41) is 0. The van der Waals surface area contributed by atoms with Crippen LogP contribution in [-0.2, 0) is 16.1 Å². The number of piperidine rings is 1. The predicted molar refractivity (Wildman–Crippen MR) is 127 cm³/mol. The van der Waals surface area contributed by atoms with Gasteiger partial charge in [-0.25, -0.2) is 4.79 Å². The summed E-state index contributed by atoms with van der Waals surface area (Å²) in [6.45, 7) is 6.45. The molecule has 6 heteroatoms. The first-order chi connectivity index (χ1) is 14.7. The second-order valence-corrected chi connectivity index (χ2v) is 7.92. The Bertz CT molecular complexity index is 712. The zero-order chi connectivity index (χ0) is 21.8. The third kappa shape index (κ3) is 6.81. The van der Waals surface area contributed by atoms with Crippen LogP contribution in [-0.4, -0.2) is 42.9 Å². The van der Waals surface area contributed by atoms with Gasteiger partial charge in [-0.05, 0) is 56.6 Å². The number of hydrogen-bond donors (Lipinski definition) is 0. The van der Waals surface area contributed by atoms with Crippen molar-refractivity contribution in [3.05, 3.63) is 53.8 Å². The maximum absolute atomic E-state index is 12.1. The number of rotatable bonds is 3. The minimum absolute atomic E-state index is 0.193. The molecule has 30 heavy (non-hydrogen) atoms. The number of hydrogen-bond acceptors (Lipinski definition) is 5. The normalized spacial score (nSPS) is 19.1. The predicted octanol–water partition coefficient (Wildman–Crippen LogP) is 6.17. The van der Waals surface area contributed by atoms with E-state index in [0.29, 0.717) is 6.61 Å². The van der Waals surface area contributed by atoms with Gasteiger partial charge in [-0.2, -0.15) is 0 Å². The molecule has 1 aromatic carbocycles. The van der Waals surface area contributed by atoms with Gasteiger partial charge in [0.05, 0.1) is 12.8 Å². The number of allylic oxidation sites excluding steroid dienone is 3. The van der Waals surface area contributed by atoms with Crippen molar-refractivity contribution in [2.24, 2.45) is 0 Å². The summed E-state index contributed by atoms with van der Waals surface area (Å²) < 4.78 is 12.7. The largest absolute Gasteiger partial charge is 0.497 e. The van der Waals surface area contributed by atoms with E-state index in [1.807, 2.05) is 49.1 Å². The summed E-state index contributed by atoms with van der Waals surface area (Å²) in [5.74, 6) is 1.01. The lowest BCUT2D eigenvalue weighted by molar-refractivity contribution is 0.136. The number of benzene rings is 1. The maximum atomic E-state index is 12.1.